The molecule has 0 fully saturated rings. The van der Waals surface area contributed by atoms with Crippen LogP contribution in [-0.2, 0) is 17.8 Å². The molecule has 0 unspecified atom stereocenters. The number of benzene rings is 1. The Kier molecular flexibility index (Phi) is 6.44. The second-order valence-corrected chi connectivity index (χ2v) is 7.60. The maximum absolute atomic E-state index is 13.7. The van der Waals surface area contributed by atoms with Gasteiger partial charge in [-0.1, -0.05) is 19.9 Å². The van der Waals surface area contributed by atoms with Gasteiger partial charge in [-0.2, -0.15) is 0 Å². The summed E-state index contributed by atoms with van der Waals surface area (Å²) in [6.45, 7) is 6.54. The van der Waals surface area contributed by atoms with E-state index in [9.17, 15) is 18.4 Å². The van der Waals surface area contributed by atoms with E-state index in [0.717, 1.165) is 17.5 Å². The molecule has 2 heterocycles. The van der Waals surface area contributed by atoms with Gasteiger partial charge in [0.2, 0.25) is 5.91 Å². The number of halogens is 2. The molecule has 0 aliphatic heterocycles. The Morgan fingerprint density at radius 3 is 2.70 bits per heavy atom. The number of nitrogens with zero attached hydrogens (tertiary/aromatic N) is 1. The number of hydrogen-bond acceptors (Lipinski definition) is 4. The third-order valence-corrected chi connectivity index (χ3v) is 4.81. The fourth-order valence-corrected chi connectivity index (χ4v) is 3.19. The van der Waals surface area contributed by atoms with Crippen molar-refractivity contribution in [3.8, 4) is 0 Å². The molecule has 0 spiro atoms. The summed E-state index contributed by atoms with van der Waals surface area (Å²) in [4.78, 5) is 32.1. The second kappa shape index (κ2) is 9.02. The number of nitrogens with one attached hydrogen (secondary N) is 3. The van der Waals surface area contributed by atoms with Crippen LogP contribution >= 0.6 is 0 Å². The van der Waals surface area contributed by atoms with E-state index in [0.29, 0.717) is 34.9 Å². The number of fused-ring (bicyclic) bond motifs is 1. The van der Waals surface area contributed by atoms with Crippen molar-refractivity contribution in [2.24, 2.45) is 5.92 Å². The average molecular weight is 414 g/mol. The summed E-state index contributed by atoms with van der Waals surface area (Å²) in [6, 6.07) is 4.88. The zero-order chi connectivity index (χ0) is 21.8. The summed E-state index contributed by atoms with van der Waals surface area (Å²) in [5, 5.41) is 6.61. The number of H-pyrrole nitrogens is 1. The number of aromatic amines is 1. The van der Waals surface area contributed by atoms with Crippen molar-refractivity contribution in [1.29, 1.82) is 0 Å². The van der Waals surface area contributed by atoms with E-state index in [1.165, 1.54) is 6.07 Å². The largest absolute Gasteiger partial charge is 0.369 e. The van der Waals surface area contributed by atoms with E-state index in [4.69, 9.17) is 0 Å². The van der Waals surface area contributed by atoms with Crippen LogP contribution in [0.5, 0.6) is 0 Å². The first-order chi connectivity index (χ1) is 14.3. The molecule has 0 saturated heterocycles. The molecule has 30 heavy (non-hydrogen) atoms. The molecule has 0 aliphatic carbocycles. The number of amides is 1. The molecule has 0 saturated carbocycles. The molecule has 158 valence electrons. The highest BCUT2D eigenvalue weighted by atomic mass is 19.1. The molecule has 8 heteroatoms. The van der Waals surface area contributed by atoms with Crippen molar-refractivity contribution in [2.75, 3.05) is 11.9 Å². The van der Waals surface area contributed by atoms with Gasteiger partial charge in [0, 0.05) is 41.9 Å². The minimum absolute atomic E-state index is 0.0990. The Hall–Kier alpha value is -3.29. The summed E-state index contributed by atoms with van der Waals surface area (Å²) < 4.78 is 26.8. The van der Waals surface area contributed by atoms with Crippen LogP contribution in [0.25, 0.3) is 10.9 Å². The van der Waals surface area contributed by atoms with Crippen LogP contribution in [0.3, 0.4) is 0 Å². The number of anilines is 1. The number of rotatable bonds is 7. The van der Waals surface area contributed by atoms with Crippen LogP contribution < -0.4 is 16.2 Å². The highest BCUT2D eigenvalue weighted by Gasteiger charge is 2.16. The van der Waals surface area contributed by atoms with Crippen LogP contribution in [-0.4, -0.2) is 22.4 Å². The van der Waals surface area contributed by atoms with Crippen molar-refractivity contribution in [2.45, 2.75) is 33.7 Å². The van der Waals surface area contributed by atoms with Crippen molar-refractivity contribution in [1.82, 2.24) is 15.3 Å². The maximum atomic E-state index is 13.7. The number of aryl methyl sites for hydroxylation is 1. The number of carbonyl (C=O) groups is 1. The van der Waals surface area contributed by atoms with Gasteiger partial charge in [0.15, 0.2) is 0 Å². The summed E-state index contributed by atoms with van der Waals surface area (Å²) in [5.41, 5.74) is 1.43. The minimum Gasteiger partial charge on any atom is -0.369 e. The molecule has 0 aliphatic rings. The van der Waals surface area contributed by atoms with Gasteiger partial charge in [-0.15, -0.1) is 0 Å². The fraction of sp³-hybridized carbons (Fsp3) is 0.318. The second-order valence-electron chi connectivity index (χ2n) is 7.60. The monoisotopic (exact) mass is 414 g/mol. The predicted molar refractivity (Wildman–Crippen MR) is 112 cm³/mol. The van der Waals surface area contributed by atoms with E-state index in [1.807, 2.05) is 0 Å². The van der Waals surface area contributed by atoms with Gasteiger partial charge in [-0.25, -0.2) is 13.8 Å². The van der Waals surface area contributed by atoms with Crippen LogP contribution in [0.15, 0.2) is 35.3 Å². The van der Waals surface area contributed by atoms with Gasteiger partial charge in [0.25, 0.3) is 5.56 Å². The van der Waals surface area contributed by atoms with E-state index in [1.54, 1.807) is 19.2 Å². The Morgan fingerprint density at radius 2 is 2.00 bits per heavy atom. The number of hydrogen-bond donors (Lipinski definition) is 3. The highest BCUT2D eigenvalue weighted by molar-refractivity contribution is 5.93. The average Bonchev–Trinajstić information content (AvgIpc) is 2.68. The molecule has 1 aromatic carbocycles. The molecular weight excluding hydrogens is 390 g/mol. The highest BCUT2D eigenvalue weighted by Crippen LogP contribution is 2.24. The van der Waals surface area contributed by atoms with Crippen LogP contribution in [0.4, 0.5) is 14.6 Å². The van der Waals surface area contributed by atoms with Crippen molar-refractivity contribution >= 4 is 22.6 Å². The normalized spacial score (nSPS) is 11.1. The third kappa shape index (κ3) is 4.82. The SMILES string of the molecule is Cc1c(CC(=O)NCc2ccc(F)cc2F)c(=O)[nH]c2ccnc(NCC(C)C)c12. The first-order valence-corrected chi connectivity index (χ1v) is 9.71. The third-order valence-electron chi connectivity index (χ3n) is 4.81. The van der Waals surface area contributed by atoms with Gasteiger partial charge < -0.3 is 15.6 Å². The van der Waals surface area contributed by atoms with E-state index in [-0.39, 0.29) is 24.1 Å². The molecule has 1 amide bonds. The van der Waals surface area contributed by atoms with Crippen molar-refractivity contribution in [3.05, 3.63) is 69.1 Å². The first kappa shape index (κ1) is 21.4. The Bertz CT molecular complexity index is 1140. The molecule has 3 aromatic rings. The molecule has 0 atom stereocenters. The molecule has 3 N–H and O–H groups in total. The molecule has 2 aromatic heterocycles. The first-order valence-electron chi connectivity index (χ1n) is 9.71. The van der Waals surface area contributed by atoms with Crippen LogP contribution in [0.1, 0.15) is 30.5 Å². The maximum Gasteiger partial charge on any atom is 0.252 e. The summed E-state index contributed by atoms with van der Waals surface area (Å²) in [7, 11) is 0. The molecule has 6 nitrogen and oxygen atoms in total. The van der Waals surface area contributed by atoms with Crippen molar-refractivity contribution < 1.29 is 13.6 Å². The quantitative estimate of drug-likeness (QED) is 0.553. The Balaban J connectivity index is 1.83. The topological polar surface area (TPSA) is 86.9 Å². The Labute approximate surface area is 172 Å². The van der Waals surface area contributed by atoms with E-state index < -0.39 is 17.5 Å². The number of carbonyl (C=O) groups excluding carboxylic acids is 1. The van der Waals surface area contributed by atoms with Crippen LogP contribution in [0, 0.1) is 24.5 Å². The molecule has 0 bridgehead atoms. The molecule has 3 rings (SSSR count). The van der Waals surface area contributed by atoms with Gasteiger partial charge in [0.1, 0.15) is 17.5 Å². The lowest BCUT2D eigenvalue weighted by molar-refractivity contribution is -0.120. The summed E-state index contributed by atoms with van der Waals surface area (Å²) >= 11 is 0. The van der Waals surface area contributed by atoms with Gasteiger partial charge in [-0.3, -0.25) is 9.59 Å². The predicted octanol–water partition coefficient (Wildman–Crippen LogP) is 3.44. The number of pyridine rings is 2. The van der Waals surface area contributed by atoms with Crippen molar-refractivity contribution in [3.63, 3.8) is 0 Å². The smallest absolute Gasteiger partial charge is 0.252 e. The lowest BCUT2D eigenvalue weighted by Gasteiger charge is -2.14. The van der Waals surface area contributed by atoms with Gasteiger partial charge in [0.05, 0.1) is 11.9 Å². The lowest BCUT2D eigenvalue weighted by atomic mass is 10.0. The number of aromatic nitrogens is 2. The van der Waals surface area contributed by atoms with E-state index in [2.05, 4.69) is 34.4 Å². The van der Waals surface area contributed by atoms with Gasteiger partial charge >= 0.3 is 0 Å². The summed E-state index contributed by atoms with van der Waals surface area (Å²) in [6.07, 6.45) is 1.45. The molecular formula is C22H24F2N4O2. The Morgan fingerprint density at radius 1 is 1.23 bits per heavy atom. The standard InChI is InChI=1S/C22H24F2N4O2/c1-12(2)10-27-21-20-13(3)16(22(30)28-18(20)6-7-25-21)9-19(29)26-11-14-4-5-15(23)8-17(14)24/h4-8,12H,9-11H2,1-3H3,(H,25,27)(H,26,29)(H,28,30). The van der Waals surface area contributed by atoms with Crippen LogP contribution in [0.2, 0.25) is 0 Å². The molecule has 0 radical (unpaired) electrons. The van der Waals surface area contributed by atoms with E-state index >= 15 is 0 Å². The fourth-order valence-electron chi connectivity index (χ4n) is 3.19. The van der Waals surface area contributed by atoms with Gasteiger partial charge in [-0.05, 0) is 30.5 Å². The zero-order valence-electron chi connectivity index (χ0n) is 17.1. The lowest BCUT2D eigenvalue weighted by Crippen LogP contribution is -2.28. The zero-order valence-corrected chi connectivity index (χ0v) is 17.1. The summed E-state index contributed by atoms with van der Waals surface area (Å²) in [5.74, 6) is -0.808. The minimum atomic E-state index is -0.734.